The first-order valence-corrected chi connectivity index (χ1v) is 8.41. The summed E-state index contributed by atoms with van der Waals surface area (Å²) in [6.07, 6.45) is 3.18. The van der Waals surface area contributed by atoms with Crippen molar-refractivity contribution in [3.63, 3.8) is 0 Å². The van der Waals surface area contributed by atoms with E-state index in [1.165, 1.54) is 6.07 Å². The maximum Gasteiger partial charge on any atom is 0.194 e. The number of benzene rings is 1. The highest BCUT2D eigenvalue weighted by atomic mass is 32.2. The van der Waals surface area contributed by atoms with Gasteiger partial charge in [0, 0.05) is 27.7 Å². The van der Waals surface area contributed by atoms with Gasteiger partial charge in [-0.05, 0) is 37.3 Å². The largest absolute Gasteiger partial charge is 0.389 e. The van der Waals surface area contributed by atoms with Crippen molar-refractivity contribution in [1.29, 1.82) is 0 Å². The van der Waals surface area contributed by atoms with Gasteiger partial charge in [-0.1, -0.05) is 12.5 Å². The van der Waals surface area contributed by atoms with Crippen molar-refractivity contribution in [2.24, 2.45) is 0 Å². The highest BCUT2D eigenvalue weighted by molar-refractivity contribution is 7.86. The van der Waals surface area contributed by atoms with Crippen molar-refractivity contribution in [2.45, 2.75) is 54.6 Å². The summed E-state index contributed by atoms with van der Waals surface area (Å²) in [5.41, 5.74) is -1.21. The van der Waals surface area contributed by atoms with E-state index in [0.717, 1.165) is 25.3 Å². The van der Waals surface area contributed by atoms with Crippen LogP contribution in [0.4, 0.5) is 13.2 Å². The summed E-state index contributed by atoms with van der Waals surface area (Å²) in [5.74, 6) is -3.97. The molecule has 1 aromatic rings. The molecule has 0 radical (unpaired) electrons. The highest BCUT2D eigenvalue weighted by Crippen LogP contribution is 2.41. The fourth-order valence-electron chi connectivity index (χ4n) is 3.58. The average molecular weight is 318 g/mol. The molecule has 2 atom stereocenters. The highest BCUT2D eigenvalue weighted by Gasteiger charge is 2.45. The van der Waals surface area contributed by atoms with E-state index in [-0.39, 0.29) is 22.5 Å². The van der Waals surface area contributed by atoms with Gasteiger partial charge in [0.15, 0.2) is 17.5 Å². The predicted octanol–water partition coefficient (Wildman–Crippen LogP) is 2.84. The zero-order valence-electron chi connectivity index (χ0n) is 11.4. The van der Waals surface area contributed by atoms with Crippen molar-refractivity contribution in [3.05, 3.63) is 35.1 Å². The molecule has 2 heterocycles. The van der Waals surface area contributed by atoms with Crippen molar-refractivity contribution < 1.29 is 22.5 Å². The van der Waals surface area contributed by atoms with Crippen LogP contribution in [0.25, 0.3) is 0 Å². The summed E-state index contributed by atoms with van der Waals surface area (Å²) >= 11 is 0. The minimum Gasteiger partial charge on any atom is -0.389 e. The Morgan fingerprint density at radius 2 is 1.76 bits per heavy atom. The lowest BCUT2D eigenvalue weighted by Gasteiger charge is -2.43. The summed E-state index contributed by atoms with van der Waals surface area (Å²) in [6, 6.07) is 2.05. The van der Waals surface area contributed by atoms with Gasteiger partial charge < -0.3 is 5.11 Å². The molecular formula is C15H17F3O2S. The minimum absolute atomic E-state index is 0.0258. The zero-order chi connectivity index (χ0) is 15.2. The van der Waals surface area contributed by atoms with E-state index in [2.05, 4.69) is 0 Å². The van der Waals surface area contributed by atoms with Gasteiger partial charge in [-0.2, -0.15) is 0 Å². The topological polar surface area (TPSA) is 37.3 Å². The second-order valence-electron chi connectivity index (χ2n) is 6.15. The van der Waals surface area contributed by atoms with E-state index in [0.29, 0.717) is 12.8 Å². The first-order valence-electron chi connectivity index (χ1n) is 7.14. The third-order valence-electron chi connectivity index (χ3n) is 4.56. The molecule has 0 spiro atoms. The molecule has 2 aliphatic rings. The van der Waals surface area contributed by atoms with E-state index in [1.54, 1.807) is 0 Å². The fraction of sp³-hybridized carbons (Fsp3) is 0.600. The van der Waals surface area contributed by atoms with Crippen LogP contribution in [-0.4, -0.2) is 25.4 Å². The standard InChI is InChI=1S/C15H17F3O2S/c16-12-5-4-9(13(17)14(12)18)6-15(19)7-10-2-1-3-11(8-15)21(10)20/h4-5,10-11,19H,1-3,6-8H2. The third kappa shape index (κ3) is 2.75. The van der Waals surface area contributed by atoms with Crippen LogP contribution in [-0.2, 0) is 17.2 Å². The molecule has 2 nitrogen and oxygen atoms in total. The minimum atomic E-state index is -1.50. The molecule has 2 fully saturated rings. The van der Waals surface area contributed by atoms with Crippen molar-refractivity contribution in [2.75, 3.05) is 0 Å². The first-order chi connectivity index (χ1) is 9.89. The van der Waals surface area contributed by atoms with Gasteiger partial charge in [0.25, 0.3) is 0 Å². The monoisotopic (exact) mass is 318 g/mol. The molecule has 6 heteroatoms. The molecule has 2 unspecified atom stereocenters. The Bertz CT molecular complexity index is 575. The molecule has 3 rings (SSSR count). The SMILES string of the molecule is O=S1C2CCCC1CC(O)(Cc1ccc(F)c(F)c1F)C2. The van der Waals surface area contributed by atoms with Gasteiger partial charge in [0.2, 0.25) is 0 Å². The summed E-state index contributed by atoms with van der Waals surface area (Å²) < 4.78 is 52.1. The van der Waals surface area contributed by atoms with Crippen molar-refractivity contribution in [3.8, 4) is 0 Å². The lowest BCUT2D eigenvalue weighted by atomic mass is 9.81. The number of aliphatic hydroxyl groups is 1. The Morgan fingerprint density at radius 3 is 2.38 bits per heavy atom. The van der Waals surface area contributed by atoms with Crippen LogP contribution in [0.1, 0.15) is 37.7 Å². The van der Waals surface area contributed by atoms with Crippen molar-refractivity contribution in [1.82, 2.24) is 0 Å². The predicted molar refractivity (Wildman–Crippen MR) is 73.8 cm³/mol. The molecule has 2 aliphatic heterocycles. The lowest BCUT2D eigenvalue weighted by Crippen LogP contribution is -2.50. The number of fused-ring (bicyclic) bond motifs is 2. The third-order valence-corrected chi connectivity index (χ3v) is 6.68. The number of rotatable bonds is 2. The van der Waals surface area contributed by atoms with Gasteiger partial charge in [0.05, 0.1) is 5.60 Å². The lowest BCUT2D eigenvalue weighted by molar-refractivity contribution is 0.0105. The van der Waals surface area contributed by atoms with Crippen LogP contribution < -0.4 is 0 Å². The van der Waals surface area contributed by atoms with Gasteiger partial charge >= 0.3 is 0 Å². The Labute approximate surface area is 123 Å². The van der Waals surface area contributed by atoms with E-state index in [4.69, 9.17) is 0 Å². The fourth-order valence-corrected chi connectivity index (χ4v) is 5.87. The van der Waals surface area contributed by atoms with Gasteiger partial charge in [-0.3, -0.25) is 4.21 Å². The van der Waals surface area contributed by atoms with E-state index in [9.17, 15) is 22.5 Å². The molecule has 0 amide bonds. The molecule has 0 aliphatic carbocycles. The smallest absolute Gasteiger partial charge is 0.194 e. The maximum atomic E-state index is 13.8. The number of hydrogen-bond donors (Lipinski definition) is 1. The van der Waals surface area contributed by atoms with E-state index in [1.807, 2.05) is 0 Å². The van der Waals surface area contributed by atoms with Crippen molar-refractivity contribution >= 4 is 10.8 Å². The molecule has 0 aromatic heterocycles. The molecule has 21 heavy (non-hydrogen) atoms. The first kappa shape index (κ1) is 15.0. The Balaban J connectivity index is 1.84. The summed E-state index contributed by atoms with van der Waals surface area (Å²) in [5, 5.41) is 10.6. The van der Waals surface area contributed by atoms with Crippen LogP contribution in [0.15, 0.2) is 12.1 Å². The van der Waals surface area contributed by atoms with Gasteiger partial charge in [0.1, 0.15) is 0 Å². The second-order valence-corrected chi connectivity index (χ2v) is 8.14. The summed E-state index contributed by atoms with van der Waals surface area (Å²) in [4.78, 5) is 0. The van der Waals surface area contributed by atoms with Crippen LogP contribution >= 0.6 is 0 Å². The van der Waals surface area contributed by atoms with Crippen LogP contribution in [0.2, 0.25) is 0 Å². The summed E-state index contributed by atoms with van der Waals surface area (Å²) in [6.45, 7) is 0. The Kier molecular flexibility index (Phi) is 3.86. The summed E-state index contributed by atoms with van der Waals surface area (Å²) in [7, 11) is -0.942. The molecular weight excluding hydrogens is 301 g/mol. The maximum absolute atomic E-state index is 13.8. The normalized spacial score (nSPS) is 35.7. The van der Waals surface area contributed by atoms with Gasteiger partial charge in [-0.15, -0.1) is 0 Å². The van der Waals surface area contributed by atoms with Crippen LogP contribution in [0.3, 0.4) is 0 Å². The van der Waals surface area contributed by atoms with Crippen LogP contribution in [0, 0.1) is 17.5 Å². The van der Waals surface area contributed by atoms with Crippen LogP contribution in [0.5, 0.6) is 0 Å². The van der Waals surface area contributed by atoms with Gasteiger partial charge in [-0.25, -0.2) is 13.2 Å². The molecule has 2 bridgehead atoms. The van der Waals surface area contributed by atoms with E-state index < -0.39 is 33.9 Å². The second kappa shape index (κ2) is 5.39. The molecule has 1 aromatic carbocycles. The zero-order valence-corrected chi connectivity index (χ0v) is 12.3. The average Bonchev–Trinajstić information content (AvgIpc) is 2.42. The number of hydrogen-bond acceptors (Lipinski definition) is 2. The Hall–Kier alpha value is -0.880. The molecule has 2 saturated heterocycles. The Morgan fingerprint density at radius 1 is 1.14 bits per heavy atom. The molecule has 0 saturated carbocycles. The molecule has 1 N–H and O–H groups in total. The molecule has 116 valence electrons. The number of halogens is 3. The van der Waals surface area contributed by atoms with E-state index >= 15 is 0 Å². The quantitative estimate of drug-likeness (QED) is 0.852.